The number of alkyl halides is 3. The predicted molar refractivity (Wildman–Crippen MR) is 121 cm³/mol. The zero-order valence-corrected chi connectivity index (χ0v) is 18.2. The van der Waals surface area contributed by atoms with Gasteiger partial charge in [0.15, 0.2) is 5.82 Å². The van der Waals surface area contributed by atoms with Crippen molar-refractivity contribution < 1.29 is 13.2 Å². The summed E-state index contributed by atoms with van der Waals surface area (Å²) >= 11 is 0. The number of piperazine rings is 1. The van der Waals surface area contributed by atoms with Crippen LogP contribution in [0.5, 0.6) is 0 Å². The lowest BCUT2D eigenvalue weighted by Gasteiger charge is -2.34. The highest BCUT2D eigenvalue weighted by Gasteiger charge is 2.30. The molecule has 0 atom stereocenters. The Labute approximate surface area is 185 Å². The fraction of sp³-hybridized carbons (Fsp3) is 0.333. The number of aromatic nitrogens is 2. The Morgan fingerprint density at radius 3 is 2.41 bits per heavy atom. The van der Waals surface area contributed by atoms with Gasteiger partial charge in [-0.1, -0.05) is 12.1 Å². The fourth-order valence-corrected chi connectivity index (χ4v) is 3.69. The van der Waals surface area contributed by atoms with Crippen molar-refractivity contribution in [3.63, 3.8) is 0 Å². The second-order valence-electron chi connectivity index (χ2n) is 8.11. The monoisotopic (exact) mass is 441 g/mol. The second kappa shape index (κ2) is 9.16. The summed E-state index contributed by atoms with van der Waals surface area (Å²) in [7, 11) is 2.13. The van der Waals surface area contributed by atoms with Crippen LogP contribution in [0.15, 0.2) is 54.7 Å². The van der Waals surface area contributed by atoms with Crippen molar-refractivity contribution >= 4 is 11.5 Å². The Balaban J connectivity index is 1.47. The molecule has 32 heavy (non-hydrogen) atoms. The van der Waals surface area contributed by atoms with Crippen LogP contribution in [0.3, 0.4) is 0 Å². The number of hydrogen-bond acceptors (Lipinski definition) is 5. The van der Waals surface area contributed by atoms with Gasteiger partial charge in [-0.15, -0.1) is 0 Å². The second-order valence-corrected chi connectivity index (χ2v) is 8.11. The van der Waals surface area contributed by atoms with Gasteiger partial charge in [0.1, 0.15) is 5.82 Å². The number of anilines is 2. The molecule has 0 saturated carbocycles. The van der Waals surface area contributed by atoms with E-state index in [-0.39, 0.29) is 6.54 Å². The molecule has 1 saturated heterocycles. The molecule has 1 aliphatic rings. The lowest BCUT2D eigenvalue weighted by atomic mass is 10.1. The van der Waals surface area contributed by atoms with Gasteiger partial charge >= 0.3 is 6.18 Å². The van der Waals surface area contributed by atoms with Gasteiger partial charge in [-0.2, -0.15) is 13.2 Å². The highest BCUT2D eigenvalue weighted by atomic mass is 19.4. The largest absolute Gasteiger partial charge is 0.416 e. The summed E-state index contributed by atoms with van der Waals surface area (Å²) in [6.45, 7) is 6.20. The van der Waals surface area contributed by atoms with E-state index in [0.29, 0.717) is 17.2 Å². The number of likely N-dealkylation sites (N-methyl/N-ethyl adjacent to an activating group) is 1. The van der Waals surface area contributed by atoms with Crippen LogP contribution in [0.4, 0.5) is 24.7 Å². The molecule has 168 valence electrons. The lowest BCUT2D eigenvalue weighted by molar-refractivity contribution is -0.137. The van der Waals surface area contributed by atoms with Crippen LogP contribution in [0.25, 0.3) is 11.4 Å². The molecular formula is C24H26F3N5. The van der Waals surface area contributed by atoms with Crippen LogP contribution in [0.1, 0.15) is 16.7 Å². The molecule has 0 unspecified atom stereocenters. The van der Waals surface area contributed by atoms with Crippen LogP contribution in [0, 0.1) is 6.92 Å². The first-order valence-corrected chi connectivity index (χ1v) is 10.6. The molecule has 1 aliphatic heterocycles. The summed E-state index contributed by atoms with van der Waals surface area (Å²) in [5, 5.41) is 3.15. The zero-order valence-electron chi connectivity index (χ0n) is 18.2. The summed E-state index contributed by atoms with van der Waals surface area (Å²) < 4.78 is 38.9. The average molecular weight is 442 g/mol. The maximum absolute atomic E-state index is 13.0. The van der Waals surface area contributed by atoms with Crippen LogP contribution >= 0.6 is 0 Å². The summed E-state index contributed by atoms with van der Waals surface area (Å²) in [5.41, 5.74) is 2.78. The molecule has 8 heteroatoms. The van der Waals surface area contributed by atoms with Crippen LogP contribution < -0.4 is 10.2 Å². The third kappa shape index (κ3) is 5.19. The normalized spacial score (nSPS) is 15.1. The minimum absolute atomic E-state index is 0.240. The SMILES string of the molecule is Cc1cnc(-c2ccc(N3CCN(C)CC3)cc2)nc1NCc1cccc(C(F)(F)F)c1. The van der Waals surface area contributed by atoms with Gasteiger partial charge in [0.25, 0.3) is 0 Å². The van der Waals surface area contributed by atoms with E-state index >= 15 is 0 Å². The first-order valence-electron chi connectivity index (χ1n) is 10.6. The topological polar surface area (TPSA) is 44.3 Å². The van der Waals surface area contributed by atoms with E-state index in [2.05, 4.69) is 44.3 Å². The van der Waals surface area contributed by atoms with Crippen molar-refractivity contribution in [2.24, 2.45) is 0 Å². The van der Waals surface area contributed by atoms with Crippen molar-refractivity contribution in [3.8, 4) is 11.4 Å². The summed E-state index contributed by atoms with van der Waals surface area (Å²) in [6.07, 6.45) is -2.63. The molecule has 0 spiro atoms. The first-order chi connectivity index (χ1) is 15.3. The predicted octanol–water partition coefficient (Wildman–Crippen LogP) is 4.83. The minimum atomic E-state index is -4.36. The molecule has 1 N–H and O–H groups in total. The van der Waals surface area contributed by atoms with Crippen molar-refractivity contribution in [1.82, 2.24) is 14.9 Å². The van der Waals surface area contributed by atoms with Crippen LogP contribution in [-0.4, -0.2) is 48.1 Å². The molecule has 0 bridgehead atoms. The van der Waals surface area contributed by atoms with E-state index in [1.54, 1.807) is 12.3 Å². The smallest absolute Gasteiger partial charge is 0.369 e. The van der Waals surface area contributed by atoms with E-state index in [0.717, 1.165) is 49.4 Å². The third-order valence-electron chi connectivity index (χ3n) is 5.68. The molecule has 1 fully saturated rings. The van der Waals surface area contributed by atoms with E-state index < -0.39 is 11.7 Å². The molecule has 3 aromatic rings. The Morgan fingerprint density at radius 2 is 1.72 bits per heavy atom. The standard InChI is InChI=1S/C24H26F3N5/c1-17-15-28-23(19-6-8-21(9-7-19)32-12-10-31(2)11-13-32)30-22(17)29-16-18-4-3-5-20(14-18)24(25,26)27/h3-9,14-15H,10-13,16H2,1-2H3,(H,28,29,30). The zero-order chi connectivity index (χ0) is 22.7. The highest BCUT2D eigenvalue weighted by Crippen LogP contribution is 2.30. The van der Waals surface area contributed by atoms with Gasteiger partial charge < -0.3 is 15.1 Å². The molecule has 0 aliphatic carbocycles. The van der Waals surface area contributed by atoms with E-state index in [1.165, 1.54) is 11.8 Å². The van der Waals surface area contributed by atoms with E-state index in [1.807, 2.05) is 19.1 Å². The van der Waals surface area contributed by atoms with Gasteiger partial charge in [-0.05, 0) is 55.9 Å². The number of aryl methyl sites for hydroxylation is 1. The molecule has 2 aromatic carbocycles. The molecule has 4 rings (SSSR count). The lowest BCUT2D eigenvalue weighted by Crippen LogP contribution is -2.44. The molecule has 0 amide bonds. The fourth-order valence-electron chi connectivity index (χ4n) is 3.69. The van der Waals surface area contributed by atoms with Crippen molar-refractivity contribution in [2.45, 2.75) is 19.6 Å². The Kier molecular flexibility index (Phi) is 6.32. The molecule has 0 radical (unpaired) electrons. The van der Waals surface area contributed by atoms with Gasteiger partial charge in [0.2, 0.25) is 0 Å². The van der Waals surface area contributed by atoms with Gasteiger partial charge in [0, 0.05) is 55.7 Å². The Morgan fingerprint density at radius 1 is 1.00 bits per heavy atom. The van der Waals surface area contributed by atoms with E-state index in [4.69, 9.17) is 0 Å². The average Bonchev–Trinajstić information content (AvgIpc) is 2.79. The molecule has 5 nitrogen and oxygen atoms in total. The number of rotatable bonds is 5. The van der Waals surface area contributed by atoms with Crippen LogP contribution in [0.2, 0.25) is 0 Å². The highest BCUT2D eigenvalue weighted by molar-refractivity contribution is 5.62. The molecular weight excluding hydrogens is 415 g/mol. The summed E-state index contributed by atoms with van der Waals surface area (Å²) in [4.78, 5) is 13.7. The number of nitrogens with one attached hydrogen (secondary N) is 1. The van der Waals surface area contributed by atoms with Crippen molar-refractivity contribution in [2.75, 3.05) is 43.4 Å². The third-order valence-corrected chi connectivity index (χ3v) is 5.68. The van der Waals surface area contributed by atoms with Crippen molar-refractivity contribution in [3.05, 3.63) is 71.4 Å². The Hall–Kier alpha value is -3.13. The first kappa shape index (κ1) is 22.1. The van der Waals surface area contributed by atoms with Gasteiger partial charge in [-0.3, -0.25) is 0 Å². The maximum Gasteiger partial charge on any atom is 0.416 e. The van der Waals surface area contributed by atoms with Crippen LogP contribution in [-0.2, 0) is 12.7 Å². The minimum Gasteiger partial charge on any atom is -0.369 e. The Bertz CT molecular complexity index is 1060. The van der Waals surface area contributed by atoms with Gasteiger partial charge in [0.05, 0.1) is 5.56 Å². The number of halogens is 3. The number of benzene rings is 2. The molecule has 2 heterocycles. The summed E-state index contributed by atoms with van der Waals surface area (Å²) in [5.74, 6) is 1.18. The van der Waals surface area contributed by atoms with E-state index in [9.17, 15) is 13.2 Å². The number of hydrogen-bond donors (Lipinski definition) is 1. The number of nitrogens with zero attached hydrogens (tertiary/aromatic N) is 4. The van der Waals surface area contributed by atoms with Gasteiger partial charge in [-0.25, -0.2) is 9.97 Å². The molecule has 1 aromatic heterocycles. The maximum atomic E-state index is 13.0. The quantitative estimate of drug-likeness (QED) is 0.614. The summed E-state index contributed by atoms with van der Waals surface area (Å²) in [6, 6.07) is 13.5. The van der Waals surface area contributed by atoms with Crippen molar-refractivity contribution in [1.29, 1.82) is 0 Å².